The zero-order valence-electron chi connectivity index (χ0n) is 11.1. The second-order valence-electron chi connectivity index (χ2n) is 5.96. The van der Waals surface area contributed by atoms with Crippen LogP contribution in [0.15, 0.2) is 0 Å². The topological polar surface area (TPSA) is 20.3 Å². The molecule has 2 aliphatic heterocycles. The number of hydrogen-bond donors (Lipinski definition) is 0. The molecule has 0 bridgehead atoms. The molecule has 0 aliphatic carbocycles. The normalized spacial score (nSPS) is 32.1. The summed E-state index contributed by atoms with van der Waals surface area (Å²) in [6.45, 7) is 6.92. The Labute approximate surface area is 100 Å². The average molecular weight is 245 g/mol. The predicted octanol–water partition coefficient (Wildman–Crippen LogP) is 2.10. The van der Waals surface area contributed by atoms with Crippen molar-refractivity contribution < 1.29 is 4.21 Å². The molecule has 0 N–H and O–H groups in total. The van der Waals surface area contributed by atoms with E-state index in [0.29, 0.717) is 5.25 Å². The minimum absolute atomic E-state index is 0.544. The highest BCUT2D eigenvalue weighted by molar-refractivity contribution is 8.25. The molecule has 0 amide bonds. The summed E-state index contributed by atoms with van der Waals surface area (Å²) in [7, 11) is -2.09. The molecule has 0 atom stereocenters. The molecule has 96 valence electrons. The molecule has 0 unspecified atom stereocenters. The van der Waals surface area contributed by atoms with Crippen LogP contribution in [0.4, 0.5) is 0 Å². The first-order valence-electron chi connectivity index (χ1n) is 6.83. The third-order valence-corrected chi connectivity index (χ3v) is 9.27. The number of nitrogens with zero attached hydrogens (tertiary/aromatic N) is 1. The number of hydrogen-bond acceptors (Lipinski definition) is 2. The van der Waals surface area contributed by atoms with Crippen LogP contribution in [-0.4, -0.2) is 51.3 Å². The number of likely N-dealkylation sites (tertiary alicyclic amines) is 1. The van der Waals surface area contributed by atoms with Crippen molar-refractivity contribution in [1.82, 2.24) is 4.90 Å². The summed E-state index contributed by atoms with van der Waals surface area (Å²) in [6, 6.07) is 0.758. The lowest BCUT2D eigenvalue weighted by molar-refractivity contribution is 0.156. The molecule has 0 spiro atoms. The lowest BCUT2D eigenvalue weighted by atomic mass is 10.0. The monoisotopic (exact) mass is 245 g/mol. The highest BCUT2D eigenvalue weighted by Crippen LogP contribution is 2.45. The van der Waals surface area contributed by atoms with Gasteiger partial charge in [-0.3, -0.25) is 4.21 Å². The molecule has 3 heteroatoms. The Morgan fingerprint density at radius 1 is 1.19 bits per heavy atom. The van der Waals surface area contributed by atoms with Crippen LogP contribution >= 0.6 is 0 Å². The molecular formula is C13H27NOS. The van der Waals surface area contributed by atoms with E-state index in [1.54, 1.807) is 0 Å². The highest BCUT2D eigenvalue weighted by atomic mass is 32.3. The van der Waals surface area contributed by atoms with Crippen LogP contribution in [0.5, 0.6) is 0 Å². The van der Waals surface area contributed by atoms with Crippen LogP contribution in [-0.2, 0) is 9.07 Å². The predicted molar refractivity (Wildman–Crippen MR) is 72.8 cm³/mol. The fourth-order valence-electron chi connectivity index (χ4n) is 3.21. The van der Waals surface area contributed by atoms with Crippen molar-refractivity contribution in [3.63, 3.8) is 0 Å². The molecule has 0 saturated carbocycles. The molecule has 2 heterocycles. The first kappa shape index (κ1) is 12.6. The SMILES string of the molecule is CCC(CC)N1CCC(S2(C)(=O)CC2)CC1. The van der Waals surface area contributed by atoms with Crippen molar-refractivity contribution in [1.29, 1.82) is 0 Å². The maximum Gasteiger partial charge on any atom is 0.0173 e. The summed E-state index contributed by atoms with van der Waals surface area (Å²) < 4.78 is 12.7. The second kappa shape index (κ2) is 4.09. The van der Waals surface area contributed by atoms with Gasteiger partial charge in [0, 0.05) is 22.8 Å². The smallest absolute Gasteiger partial charge is 0.0173 e. The molecule has 2 aliphatic rings. The van der Waals surface area contributed by atoms with Crippen LogP contribution in [0.3, 0.4) is 0 Å². The van der Waals surface area contributed by atoms with Gasteiger partial charge in [0.2, 0.25) is 0 Å². The molecular weight excluding hydrogens is 218 g/mol. The van der Waals surface area contributed by atoms with E-state index < -0.39 is 9.07 Å². The third kappa shape index (κ3) is 2.21. The van der Waals surface area contributed by atoms with E-state index in [4.69, 9.17) is 0 Å². The number of piperidine rings is 1. The van der Waals surface area contributed by atoms with Gasteiger partial charge in [-0.1, -0.05) is 22.9 Å². The molecule has 0 aromatic carbocycles. The summed E-state index contributed by atoms with van der Waals surface area (Å²) in [5, 5.41) is 0.544. The largest absolute Gasteiger partial charge is 0.300 e. The molecule has 2 fully saturated rings. The van der Waals surface area contributed by atoms with Gasteiger partial charge < -0.3 is 4.90 Å². The van der Waals surface area contributed by atoms with Gasteiger partial charge in [0.25, 0.3) is 0 Å². The average Bonchev–Trinajstić information content (AvgIpc) is 2.94. The summed E-state index contributed by atoms with van der Waals surface area (Å²) in [5.41, 5.74) is 0. The maximum atomic E-state index is 12.7. The standard InChI is InChI=1S/C13H27NOS/c1-4-12(5-2)14-8-6-13(7-9-14)16(3,15)10-11-16/h12-13H,4-11H2,1-3H3. The Bertz CT molecular complexity index is 306. The van der Waals surface area contributed by atoms with Crippen LogP contribution in [0, 0.1) is 0 Å². The van der Waals surface area contributed by atoms with Gasteiger partial charge in [-0.15, -0.1) is 0 Å². The fraction of sp³-hybridized carbons (Fsp3) is 1.00. The third-order valence-electron chi connectivity index (χ3n) is 4.89. The Morgan fingerprint density at radius 3 is 2.06 bits per heavy atom. The van der Waals surface area contributed by atoms with Gasteiger partial charge in [0.15, 0.2) is 0 Å². The van der Waals surface area contributed by atoms with Gasteiger partial charge in [-0.05, 0) is 45.0 Å². The lowest BCUT2D eigenvalue weighted by Gasteiger charge is -2.41. The molecule has 0 aromatic rings. The van der Waals surface area contributed by atoms with Gasteiger partial charge in [0.05, 0.1) is 0 Å². The van der Waals surface area contributed by atoms with E-state index in [9.17, 15) is 4.21 Å². The van der Waals surface area contributed by atoms with Crippen LogP contribution in [0.1, 0.15) is 39.5 Å². The van der Waals surface area contributed by atoms with Gasteiger partial charge in [-0.2, -0.15) is 0 Å². The van der Waals surface area contributed by atoms with Crippen molar-refractivity contribution >= 4 is 9.07 Å². The van der Waals surface area contributed by atoms with Crippen LogP contribution < -0.4 is 0 Å². The minimum Gasteiger partial charge on any atom is -0.300 e. The molecule has 0 aromatic heterocycles. The van der Waals surface area contributed by atoms with E-state index in [2.05, 4.69) is 25.0 Å². The van der Waals surface area contributed by atoms with Crippen LogP contribution in [0.25, 0.3) is 0 Å². The maximum absolute atomic E-state index is 12.7. The van der Waals surface area contributed by atoms with Crippen molar-refractivity contribution in [2.45, 2.75) is 50.8 Å². The molecule has 2 nitrogen and oxygen atoms in total. The van der Waals surface area contributed by atoms with Gasteiger partial charge >= 0.3 is 0 Å². The summed E-state index contributed by atoms with van der Waals surface area (Å²) in [6.07, 6.45) is 6.95. The van der Waals surface area contributed by atoms with Crippen molar-refractivity contribution in [3.05, 3.63) is 0 Å². The van der Waals surface area contributed by atoms with Crippen molar-refractivity contribution in [2.75, 3.05) is 30.9 Å². The lowest BCUT2D eigenvalue weighted by Crippen LogP contribution is -2.46. The van der Waals surface area contributed by atoms with E-state index in [0.717, 1.165) is 17.5 Å². The second-order valence-corrected chi connectivity index (χ2v) is 11.1. The quantitative estimate of drug-likeness (QED) is 0.707. The first-order chi connectivity index (χ1) is 7.48. The fourth-order valence-corrected chi connectivity index (χ4v) is 6.74. The van der Waals surface area contributed by atoms with Crippen LogP contribution in [0.2, 0.25) is 0 Å². The van der Waals surface area contributed by atoms with Gasteiger partial charge in [0.1, 0.15) is 0 Å². The Kier molecular flexibility index (Phi) is 3.21. The van der Waals surface area contributed by atoms with Crippen molar-refractivity contribution in [3.8, 4) is 0 Å². The Balaban J connectivity index is 1.90. The Hall–Kier alpha value is 0.110. The molecule has 2 saturated heterocycles. The minimum atomic E-state index is -2.09. The summed E-state index contributed by atoms with van der Waals surface area (Å²) in [5.74, 6) is 2.04. The first-order valence-corrected chi connectivity index (χ1v) is 9.60. The highest BCUT2D eigenvalue weighted by Gasteiger charge is 2.52. The summed E-state index contributed by atoms with van der Waals surface area (Å²) in [4.78, 5) is 2.62. The Morgan fingerprint density at radius 2 is 1.69 bits per heavy atom. The van der Waals surface area contributed by atoms with E-state index in [1.165, 1.54) is 38.8 Å². The molecule has 0 radical (unpaired) electrons. The zero-order valence-corrected chi connectivity index (χ0v) is 11.9. The van der Waals surface area contributed by atoms with E-state index in [1.807, 2.05) is 0 Å². The molecule has 16 heavy (non-hydrogen) atoms. The molecule has 2 rings (SSSR count). The number of rotatable bonds is 4. The van der Waals surface area contributed by atoms with Crippen molar-refractivity contribution in [2.24, 2.45) is 0 Å². The zero-order chi connectivity index (χ0) is 11.8. The van der Waals surface area contributed by atoms with Gasteiger partial charge in [-0.25, -0.2) is 0 Å². The van der Waals surface area contributed by atoms with E-state index in [-0.39, 0.29) is 0 Å². The van der Waals surface area contributed by atoms with E-state index >= 15 is 0 Å². The summed E-state index contributed by atoms with van der Waals surface area (Å²) >= 11 is 0.